The molecule has 1 aromatic heterocycles. The lowest BCUT2D eigenvalue weighted by Crippen LogP contribution is -2.45. The van der Waals surface area contributed by atoms with Gasteiger partial charge in [-0.1, -0.05) is 6.07 Å². The molecule has 2 heterocycles. The Bertz CT molecular complexity index is 794. The summed E-state index contributed by atoms with van der Waals surface area (Å²) in [6.45, 7) is 3.28. The zero-order chi connectivity index (χ0) is 18.0. The highest BCUT2D eigenvalue weighted by Gasteiger charge is 2.23. The summed E-state index contributed by atoms with van der Waals surface area (Å²) in [5, 5.41) is 2.94. The van der Waals surface area contributed by atoms with Crippen LogP contribution in [0.25, 0.3) is 0 Å². The van der Waals surface area contributed by atoms with Crippen molar-refractivity contribution in [3.63, 3.8) is 0 Å². The number of nitrogens with two attached hydrogens (primary N) is 1. The number of nitrogens with zero attached hydrogens (tertiary/aromatic N) is 1. The van der Waals surface area contributed by atoms with E-state index in [4.69, 9.17) is 5.73 Å². The maximum absolute atomic E-state index is 14.0. The van der Waals surface area contributed by atoms with E-state index < -0.39 is 5.91 Å². The zero-order valence-electron chi connectivity index (χ0n) is 14.0. The van der Waals surface area contributed by atoms with Crippen LogP contribution >= 0.6 is 0 Å². The number of aryl methyl sites for hydroxylation is 1. The van der Waals surface area contributed by atoms with Crippen molar-refractivity contribution in [1.82, 2.24) is 10.3 Å². The quantitative estimate of drug-likeness (QED) is 0.792. The van der Waals surface area contributed by atoms with Crippen molar-refractivity contribution in [2.75, 3.05) is 18.0 Å². The molecule has 1 aliphatic rings. The molecule has 0 spiro atoms. The molecule has 0 aliphatic carbocycles. The van der Waals surface area contributed by atoms with E-state index in [0.717, 1.165) is 18.4 Å². The van der Waals surface area contributed by atoms with Gasteiger partial charge in [0.15, 0.2) is 0 Å². The summed E-state index contributed by atoms with van der Waals surface area (Å²) in [7, 11) is 0. The Hall–Kier alpha value is -2.83. The smallest absolute Gasteiger partial charge is 0.267 e. The number of primary amides is 1. The van der Waals surface area contributed by atoms with Gasteiger partial charge < -0.3 is 20.9 Å². The topological polar surface area (TPSA) is 91.2 Å². The number of anilines is 1. The Morgan fingerprint density at radius 1 is 1.20 bits per heavy atom. The Labute approximate surface area is 145 Å². The third-order valence-corrected chi connectivity index (χ3v) is 4.47. The molecule has 1 aliphatic heterocycles. The van der Waals surface area contributed by atoms with E-state index in [1.807, 2.05) is 17.9 Å². The number of carbonyl (C=O) groups is 2. The van der Waals surface area contributed by atoms with Gasteiger partial charge in [-0.05, 0) is 49.6 Å². The SMILES string of the molecule is Cc1ccc(F)c(N2CCC(NC(=O)c3ccc(C(N)=O)[nH]3)CC2)c1. The Morgan fingerprint density at radius 2 is 1.88 bits per heavy atom. The number of carbonyl (C=O) groups excluding carboxylic acids is 2. The van der Waals surface area contributed by atoms with E-state index >= 15 is 0 Å². The molecule has 1 aromatic carbocycles. The minimum absolute atomic E-state index is 0.0111. The van der Waals surface area contributed by atoms with E-state index in [1.54, 1.807) is 6.07 Å². The molecule has 132 valence electrons. The minimum Gasteiger partial charge on any atom is -0.369 e. The van der Waals surface area contributed by atoms with Gasteiger partial charge in [0.05, 0.1) is 5.69 Å². The molecule has 2 aromatic rings. The Kier molecular flexibility index (Phi) is 4.74. The lowest BCUT2D eigenvalue weighted by Gasteiger charge is -2.34. The summed E-state index contributed by atoms with van der Waals surface area (Å²) in [5.41, 5.74) is 7.31. The van der Waals surface area contributed by atoms with Crippen LogP contribution in [0, 0.1) is 12.7 Å². The monoisotopic (exact) mass is 344 g/mol. The predicted octanol–water partition coefficient (Wildman–Crippen LogP) is 1.96. The molecule has 1 saturated heterocycles. The summed E-state index contributed by atoms with van der Waals surface area (Å²) in [4.78, 5) is 28.0. The normalized spacial score (nSPS) is 15.2. The Morgan fingerprint density at radius 3 is 2.52 bits per heavy atom. The molecule has 0 radical (unpaired) electrons. The molecule has 25 heavy (non-hydrogen) atoms. The van der Waals surface area contributed by atoms with Crippen LogP contribution < -0.4 is 16.0 Å². The first kappa shape index (κ1) is 17.0. The van der Waals surface area contributed by atoms with Crippen molar-refractivity contribution in [1.29, 1.82) is 0 Å². The van der Waals surface area contributed by atoms with Gasteiger partial charge in [-0.3, -0.25) is 9.59 Å². The molecule has 0 bridgehead atoms. The number of piperidine rings is 1. The second-order valence-electron chi connectivity index (χ2n) is 6.34. The van der Waals surface area contributed by atoms with Gasteiger partial charge >= 0.3 is 0 Å². The molecule has 3 rings (SSSR count). The third-order valence-electron chi connectivity index (χ3n) is 4.47. The fourth-order valence-corrected chi connectivity index (χ4v) is 3.06. The van der Waals surface area contributed by atoms with E-state index in [2.05, 4.69) is 10.3 Å². The van der Waals surface area contributed by atoms with Crippen LogP contribution in [0.1, 0.15) is 39.4 Å². The summed E-state index contributed by atoms with van der Waals surface area (Å²) in [6, 6.07) is 8.12. The highest BCUT2D eigenvalue weighted by molar-refractivity contribution is 5.96. The van der Waals surface area contributed by atoms with Crippen molar-refractivity contribution in [3.8, 4) is 0 Å². The van der Waals surface area contributed by atoms with Crippen molar-refractivity contribution in [3.05, 3.63) is 53.1 Å². The maximum Gasteiger partial charge on any atom is 0.267 e. The average Bonchev–Trinajstić information content (AvgIpc) is 3.08. The first-order valence-corrected chi connectivity index (χ1v) is 8.25. The number of halogens is 1. The average molecular weight is 344 g/mol. The van der Waals surface area contributed by atoms with Crippen molar-refractivity contribution in [2.24, 2.45) is 5.73 Å². The molecular formula is C18H21FN4O2. The summed E-state index contributed by atoms with van der Waals surface area (Å²) >= 11 is 0. The number of hydrogen-bond donors (Lipinski definition) is 3. The first-order chi connectivity index (χ1) is 11.9. The maximum atomic E-state index is 14.0. The molecule has 0 atom stereocenters. The van der Waals surface area contributed by atoms with E-state index in [0.29, 0.717) is 24.5 Å². The van der Waals surface area contributed by atoms with Gasteiger partial charge in [0.25, 0.3) is 11.8 Å². The van der Waals surface area contributed by atoms with E-state index in [1.165, 1.54) is 18.2 Å². The zero-order valence-corrected chi connectivity index (χ0v) is 14.0. The van der Waals surface area contributed by atoms with Gasteiger partial charge in [0, 0.05) is 19.1 Å². The lowest BCUT2D eigenvalue weighted by atomic mass is 10.0. The molecule has 2 amide bonds. The molecule has 7 heteroatoms. The molecular weight excluding hydrogens is 323 g/mol. The number of aromatic nitrogens is 1. The first-order valence-electron chi connectivity index (χ1n) is 8.25. The Balaban J connectivity index is 1.58. The molecule has 0 unspecified atom stereocenters. The molecule has 6 nitrogen and oxygen atoms in total. The molecule has 1 fully saturated rings. The molecule has 4 N–H and O–H groups in total. The highest BCUT2D eigenvalue weighted by Crippen LogP contribution is 2.24. The van der Waals surface area contributed by atoms with Crippen LogP contribution in [-0.4, -0.2) is 35.9 Å². The number of hydrogen-bond acceptors (Lipinski definition) is 3. The fraction of sp³-hybridized carbons (Fsp3) is 0.333. The van der Waals surface area contributed by atoms with Crippen LogP contribution in [0.15, 0.2) is 30.3 Å². The largest absolute Gasteiger partial charge is 0.369 e. The number of amides is 2. The fourth-order valence-electron chi connectivity index (χ4n) is 3.06. The van der Waals surface area contributed by atoms with E-state index in [-0.39, 0.29) is 23.5 Å². The second kappa shape index (κ2) is 6.96. The van der Waals surface area contributed by atoms with Crippen LogP contribution in [-0.2, 0) is 0 Å². The van der Waals surface area contributed by atoms with Crippen molar-refractivity contribution < 1.29 is 14.0 Å². The summed E-state index contributed by atoms with van der Waals surface area (Å²) in [6.07, 6.45) is 1.45. The number of rotatable bonds is 4. The van der Waals surface area contributed by atoms with Crippen molar-refractivity contribution >= 4 is 17.5 Å². The number of nitrogens with one attached hydrogen (secondary N) is 2. The summed E-state index contributed by atoms with van der Waals surface area (Å²) < 4.78 is 14.0. The van der Waals surface area contributed by atoms with Crippen LogP contribution in [0.4, 0.5) is 10.1 Å². The lowest BCUT2D eigenvalue weighted by molar-refractivity contribution is 0.0926. The minimum atomic E-state index is -0.604. The highest BCUT2D eigenvalue weighted by atomic mass is 19.1. The molecule has 0 saturated carbocycles. The number of aromatic amines is 1. The van der Waals surface area contributed by atoms with Gasteiger partial charge in [-0.25, -0.2) is 4.39 Å². The van der Waals surface area contributed by atoms with Gasteiger partial charge in [0.2, 0.25) is 0 Å². The number of H-pyrrole nitrogens is 1. The van der Waals surface area contributed by atoms with Crippen LogP contribution in [0.3, 0.4) is 0 Å². The third kappa shape index (κ3) is 3.81. The van der Waals surface area contributed by atoms with Gasteiger partial charge in [-0.15, -0.1) is 0 Å². The standard InChI is InChI=1S/C18H21FN4O2/c1-11-2-3-13(19)16(10-11)23-8-6-12(7-9-23)21-18(25)15-5-4-14(22-15)17(20)24/h2-5,10,12,22H,6-9H2,1H3,(H2,20,24)(H,21,25). The van der Waals surface area contributed by atoms with Crippen molar-refractivity contribution in [2.45, 2.75) is 25.8 Å². The second-order valence-corrected chi connectivity index (χ2v) is 6.34. The van der Waals surface area contributed by atoms with Gasteiger partial charge in [-0.2, -0.15) is 0 Å². The predicted molar refractivity (Wildman–Crippen MR) is 93.1 cm³/mol. The number of benzene rings is 1. The summed E-state index contributed by atoms with van der Waals surface area (Å²) in [5.74, 6) is -1.10. The van der Waals surface area contributed by atoms with Crippen LogP contribution in [0.5, 0.6) is 0 Å². The van der Waals surface area contributed by atoms with Gasteiger partial charge in [0.1, 0.15) is 17.2 Å². The van der Waals surface area contributed by atoms with E-state index in [9.17, 15) is 14.0 Å². The van der Waals surface area contributed by atoms with Crippen LogP contribution in [0.2, 0.25) is 0 Å².